The first kappa shape index (κ1) is 13.9. The Labute approximate surface area is 126 Å². The van der Waals surface area contributed by atoms with E-state index in [2.05, 4.69) is 9.97 Å². The number of benzene rings is 1. The van der Waals surface area contributed by atoms with Gasteiger partial charge in [-0.05, 0) is 17.7 Å². The molecular formula is C14H15ClN4O2. The van der Waals surface area contributed by atoms with Crippen LogP contribution in [0.25, 0.3) is 11.1 Å². The maximum atomic E-state index is 12.3. The third kappa shape index (κ3) is 2.86. The van der Waals surface area contributed by atoms with Gasteiger partial charge in [-0.2, -0.15) is 4.98 Å². The lowest BCUT2D eigenvalue weighted by molar-refractivity contribution is 0.122. The molecule has 110 valence electrons. The number of nitrogens with zero attached hydrogens (tertiary/aromatic N) is 2. The number of nitrogens with two attached hydrogens (primary N) is 1. The Morgan fingerprint density at radius 1 is 1.24 bits per heavy atom. The molecule has 0 radical (unpaired) electrons. The lowest BCUT2D eigenvalue weighted by Gasteiger charge is -2.27. The Balaban J connectivity index is 2.00. The fourth-order valence-corrected chi connectivity index (χ4v) is 2.42. The van der Waals surface area contributed by atoms with E-state index in [-0.39, 0.29) is 11.4 Å². The third-order valence-corrected chi connectivity index (χ3v) is 3.63. The Morgan fingerprint density at radius 3 is 2.52 bits per heavy atom. The quantitative estimate of drug-likeness (QED) is 0.878. The number of hydrogen-bond donors (Lipinski definition) is 2. The summed E-state index contributed by atoms with van der Waals surface area (Å²) in [6.07, 6.45) is 0. The summed E-state index contributed by atoms with van der Waals surface area (Å²) >= 11 is 5.85. The number of anilines is 2. The minimum absolute atomic E-state index is 0.211. The standard InChI is InChI=1S/C14H15ClN4O2/c15-10-3-1-9(2-4-10)11-12(16)17-14(18-13(11)20)19-5-7-21-8-6-19/h1-4H,5-8H2,(H3,16,17,18,20). The number of nitrogens with one attached hydrogen (secondary N) is 1. The topological polar surface area (TPSA) is 84.2 Å². The molecular weight excluding hydrogens is 292 g/mol. The van der Waals surface area contributed by atoms with Gasteiger partial charge in [-0.3, -0.25) is 9.78 Å². The van der Waals surface area contributed by atoms with Crippen LogP contribution in [0.4, 0.5) is 11.8 Å². The van der Waals surface area contributed by atoms with E-state index in [0.717, 1.165) is 0 Å². The summed E-state index contributed by atoms with van der Waals surface area (Å²) in [4.78, 5) is 21.4. The van der Waals surface area contributed by atoms with E-state index in [4.69, 9.17) is 22.1 Å². The van der Waals surface area contributed by atoms with E-state index >= 15 is 0 Å². The number of aromatic nitrogens is 2. The molecule has 3 N–H and O–H groups in total. The lowest BCUT2D eigenvalue weighted by Crippen LogP contribution is -2.38. The first-order chi connectivity index (χ1) is 10.1. The van der Waals surface area contributed by atoms with Gasteiger partial charge in [0.05, 0.1) is 18.8 Å². The van der Waals surface area contributed by atoms with Crippen LogP contribution in [0, 0.1) is 0 Å². The van der Waals surface area contributed by atoms with Crippen molar-refractivity contribution in [1.82, 2.24) is 9.97 Å². The van der Waals surface area contributed by atoms with Crippen molar-refractivity contribution >= 4 is 23.4 Å². The molecule has 0 bridgehead atoms. The molecule has 0 atom stereocenters. The van der Waals surface area contributed by atoms with Crippen LogP contribution in [0.5, 0.6) is 0 Å². The Bertz CT molecular complexity index is 693. The molecule has 1 fully saturated rings. The predicted molar refractivity (Wildman–Crippen MR) is 82.7 cm³/mol. The van der Waals surface area contributed by atoms with Gasteiger partial charge in [0.15, 0.2) is 0 Å². The molecule has 21 heavy (non-hydrogen) atoms. The van der Waals surface area contributed by atoms with Crippen molar-refractivity contribution in [1.29, 1.82) is 0 Å². The molecule has 0 amide bonds. The highest BCUT2D eigenvalue weighted by molar-refractivity contribution is 6.30. The fraction of sp³-hybridized carbons (Fsp3) is 0.286. The summed E-state index contributed by atoms with van der Waals surface area (Å²) < 4.78 is 5.28. The van der Waals surface area contributed by atoms with Crippen LogP contribution in [0.15, 0.2) is 29.1 Å². The zero-order chi connectivity index (χ0) is 14.8. The highest BCUT2D eigenvalue weighted by atomic mass is 35.5. The van der Waals surface area contributed by atoms with Crippen LogP contribution in [0.1, 0.15) is 0 Å². The summed E-state index contributed by atoms with van der Waals surface area (Å²) in [6.45, 7) is 2.59. The first-order valence-corrected chi connectivity index (χ1v) is 7.01. The number of nitrogen functional groups attached to an aromatic ring is 1. The second-order valence-electron chi connectivity index (χ2n) is 4.76. The number of aromatic amines is 1. The molecule has 7 heteroatoms. The number of rotatable bonds is 2. The highest BCUT2D eigenvalue weighted by Gasteiger charge is 2.17. The number of H-pyrrole nitrogens is 1. The Kier molecular flexibility index (Phi) is 3.81. The maximum Gasteiger partial charge on any atom is 0.262 e. The van der Waals surface area contributed by atoms with Gasteiger partial charge in [-0.1, -0.05) is 23.7 Å². The van der Waals surface area contributed by atoms with Crippen LogP contribution < -0.4 is 16.2 Å². The van der Waals surface area contributed by atoms with Crippen molar-refractivity contribution < 1.29 is 4.74 Å². The lowest BCUT2D eigenvalue weighted by atomic mass is 10.1. The third-order valence-electron chi connectivity index (χ3n) is 3.38. The summed E-state index contributed by atoms with van der Waals surface area (Å²) in [5.41, 5.74) is 6.78. The first-order valence-electron chi connectivity index (χ1n) is 6.63. The second-order valence-corrected chi connectivity index (χ2v) is 5.19. The molecule has 1 aromatic carbocycles. The zero-order valence-corrected chi connectivity index (χ0v) is 12.1. The molecule has 2 heterocycles. The van der Waals surface area contributed by atoms with Crippen LogP contribution in [0.3, 0.4) is 0 Å². The average molecular weight is 307 g/mol. The summed E-state index contributed by atoms with van der Waals surface area (Å²) in [7, 11) is 0. The smallest absolute Gasteiger partial charge is 0.262 e. The summed E-state index contributed by atoms with van der Waals surface area (Å²) in [5, 5.41) is 0.603. The predicted octanol–water partition coefficient (Wildman–Crippen LogP) is 1.51. The van der Waals surface area contributed by atoms with Gasteiger partial charge in [0, 0.05) is 18.1 Å². The Hall–Kier alpha value is -2.05. The minimum Gasteiger partial charge on any atom is -0.383 e. The minimum atomic E-state index is -0.258. The normalized spacial score (nSPS) is 15.2. The molecule has 1 aliphatic heterocycles. The molecule has 0 unspecified atom stereocenters. The largest absolute Gasteiger partial charge is 0.383 e. The molecule has 3 rings (SSSR count). The van der Waals surface area contributed by atoms with E-state index in [1.165, 1.54) is 0 Å². The maximum absolute atomic E-state index is 12.3. The van der Waals surface area contributed by atoms with Crippen molar-refractivity contribution in [3.63, 3.8) is 0 Å². The molecule has 1 saturated heterocycles. The van der Waals surface area contributed by atoms with Crippen LogP contribution in [-0.4, -0.2) is 36.3 Å². The molecule has 1 aliphatic rings. The summed E-state index contributed by atoms with van der Waals surface area (Å²) in [5.74, 6) is 0.695. The van der Waals surface area contributed by atoms with E-state index in [9.17, 15) is 4.79 Å². The molecule has 2 aromatic rings. The van der Waals surface area contributed by atoms with Crippen molar-refractivity contribution in [2.45, 2.75) is 0 Å². The number of hydrogen-bond acceptors (Lipinski definition) is 5. The van der Waals surface area contributed by atoms with E-state index < -0.39 is 0 Å². The fourth-order valence-electron chi connectivity index (χ4n) is 2.30. The number of halogens is 1. The van der Waals surface area contributed by atoms with Crippen LogP contribution in [-0.2, 0) is 4.74 Å². The van der Waals surface area contributed by atoms with Gasteiger partial charge in [0.2, 0.25) is 5.95 Å². The molecule has 1 aromatic heterocycles. The van der Waals surface area contributed by atoms with Gasteiger partial charge in [-0.15, -0.1) is 0 Å². The van der Waals surface area contributed by atoms with Crippen molar-refractivity contribution in [2.75, 3.05) is 36.9 Å². The average Bonchev–Trinajstić information content (AvgIpc) is 2.49. The highest BCUT2D eigenvalue weighted by Crippen LogP contribution is 2.23. The molecule has 0 aliphatic carbocycles. The van der Waals surface area contributed by atoms with E-state index in [0.29, 0.717) is 48.4 Å². The van der Waals surface area contributed by atoms with E-state index in [1.807, 2.05) is 4.90 Å². The van der Waals surface area contributed by atoms with Crippen molar-refractivity contribution in [3.8, 4) is 11.1 Å². The monoisotopic (exact) mass is 306 g/mol. The van der Waals surface area contributed by atoms with Gasteiger partial charge in [0.25, 0.3) is 5.56 Å². The second kappa shape index (κ2) is 5.75. The molecule has 0 saturated carbocycles. The number of ether oxygens (including phenoxy) is 1. The number of morpholine rings is 1. The van der Waals surface area contributed by atoms with Crippen molar-refractivity contribution in [2.24, 2.45) is 0 Å². The molecule has 0 spiro atoms. The van der Waals surface area contributed by atoms with Gasteiger partial charge < -0.3 is 15.4 Å². The molecule has 6 nitrogen and oxygen atoms in total. The van der Waals surface area contributed by atoms with Crippen LogP contribution >= 0.6 is 11.6 Å². The zero-order valence-electron chi connectivity index (χ0n) is 11.3. The Morgan fingerprint density at radius 2 is 1.90 bits per heavy atom. The van der Waals surface area contributed by atoms with Gasteiger partial charge in [0.1, 0.15) is 5.82 Å². The summed E-state index contributed by atoms with van der Waals surface area (Å²) in [6, 6.07) is 6.93. The van der Waals surface area contributed by atoms with Gasteiger partial charge in [-0.25, -0.2) is 0 Å². The van der Waals surface area contributed by atoms with Crippen LogP contribution in [0.2, 0.25) is 5.02 Å². The van der Waals surface area contributed by atoms with E-state index in [1.54, 1.807) is 24.3 Å². The van der Waals surface area contributed by atoms with Crippen molar-refractivity contribution in [3.05, 3.63) is 39.6 Å². The van der Waals surface area contributed by atoms with Gasteiger partial charge >= 0.3 is 0 Å². The SMILES string of the molecule is Nc1nc(N2CCOCC2)[nH]c(=O)c1-c1ccc(Cl)cc1.